The molecule has 1 N–H and O–H groups in total. The van der Waals surface area contributed by atoms with E-state index in [4.69, 9.17) is 37.7 Å². The van der Waals surface area contributed by atoms with Gasteiger partial charge in [0.05, 0.1) is 47.3 Å². The second-order valence-electron chi connectivity index (χ2n) is 16.1. The number of rotatable bonds is 14. The third-order valence-corrected chi connectivity index (χ3v) is 14.4. The number of hydrogen-bond donors (Lipinski definition) is 1. The van der Waals surface area contributed by atoms with Crippen molar-refractivity contribution in [3.05, 3.63) is 81.7 Å². The van der Waals surface area contributed by atoms with Crippen LogP contribution in [0.25, 0.3) is 22.0 Å². The zero-order valence-electron chi connectivity index (χ0n) is 32.4. The Bertz CT molecular complexity index is 2330. The van der Waals surface area contributed by atoms with E-state index < -0.39 is 56.0 Å². The van der Waals surface area contributed by atoms with Crippen LogP contribution in [0.3, 0.4) is 0 Å². The quantitative estimate of drug-likeness (QED) is 0.123. The topological polar surface area (TPSA) is 145 Å². The van der Waals surface area contributed by atoms with Gasteiger partial charge in [-0.25, -0.2) is 18.4 Å². The van der Waals surface area contributed by atoms with Crippen LogP contribution in [-0.4, -0.2) is 71.9 Å². The van der Waals surface area contributed by atoms with Gasteiger partial charge in [0.2, 0.25) is 27.7 Å². The van der Waals surface area contributed by atoms with E-state index in [2.05, 4.69) is 16.3 Å². The number of sulfonamides is 1. The van der Waals surface area contributed by atoms with Crippen LogP contribution >= 0.6 is 59.4 Å². The smallest absolute Gasteiger partial charge is 0.240 e. The number of aromatic nitrogens is 2. The Balaban J connectivity index is 0.00000320. The van der Waals surface area contributed by atoms with Crippen LogP contribution in [0.5, 0.6) is 11.6 Å². The van der Waals surface area contributed by atoms with Gasteiger partial charge < -0.3 is 14.4 Å². The molecule has 2 saturated carbocycles. The summed E-state index contributed by atoms with van der Waals surface area (Å²) in [6.45, 7) is 9.86. The van der Waals surface area contributed by atoms with E-state index in [1.54, 1.807) is 42.5 Å². The number of amides is 2. The number of ether oxygens (including phenoxy) is 2. The number of nitrogens with one attached hydrogen (secondary N) is 1. The fourth-order valence-corrected chi connectivity index (χ4v) is 10.3. The molecule has 3 aliphatic rings. The van der Waals surface area contributed by atoms with Crippen LogP contribution in [-0.2, 0) is 30.8 Å². The number of pyridine rings is 1. The van der Waals surface area contributed by atoms with E-state index >= 15 is 0 Å². The molecular formula is C41H46Cl4N4O7S2. The van der Waals surface area contributed by atoms with Crippen molar-refractivity contribution in [1.82, 2.24) is 19.6 Å². The molecule has 7 rings (SSSR count). The minimum atomic E-state index is -3.85. The van der Waals surface area contributed by atoms with Crippen molar-refractivity contribution >= 4 is 97.7 Å². The Morgan fingerprint density at radius 1 is 1.12 bits per heavy atom. The number of carbonyl (C=O) groups is 3. The summed E-state index contributed by atoms with van der Waals surface area (Å²) < 4.78 is 39.9. The molecule has 0 unspecified atom stereocenters. The van der Waals surface area contributed by atoms with Gasteiger partial charge in [-0.1, -0.05) is 68.2 Å². The number of Topliss-reactive ketones (excluding diaryl/α,β-unsaturated/α-hetero) is 1. The molecule has 58 heavy (non-hydrogen) atoms. The highest BCUT2D eigenvalue weighted by Gasteiger charge is 2.61. The van der Waals surface area contributed by atoms with E-state index in [1.165, 1.54) is 11.3 Å². The fraction of sp³-hybridized carbons (Fsp3) is 0.439. The van der Waals surface area contributed by atoms with Crippen LogP contribution in [0.4, 0.5) is 0 Å². The predicted molar refractivity (Wildman–Crippen MR) is 232 cm³/mol. The molecule has 2 aromatic heterocycles. The summed E-state index contributed by atoms with van der Waals surface area (Å²) in [5.41, 5.74) is -0.320. The van der Waals surface area contributed by atoms with Crippen molar-refractivity contribution in [3.63, 3.8) is 0 Å². The summed E-state index contributed by atoms with van der Waals surface area (Å²) in [6.07, 6.45) is 3.92. The number of halogens is 4. The maximum Gasteiger partial charge on any atom is 0.240 e. The zero-order chi connectivity index (χ0) is 40.2. The molecule has 1 aliphatic heterocycles. The molecule has 0 bridgehead atoms. The van der Waals surface area contributed by atoms with E-state index in [9.17, 15) is 22.8 Å². The monoisotopic (exact) mass is 910 g/mol. The summed E-state index contributed by atoms with van der Waals surface area (Å²) in [6, 6.07) is 11.8. The van der Waals surface area contributed by atoms with Crippen LogP contribution in [0, 0.1) is 22.7 Å². The van der Waals surface area contributed by atoms with Gasteiger partial charge in [0.1, 0.15) is 11.9 Å². The highest BCUT2D eigenvalue weighted by atomic mass is 35.5. The predicted octanol–water partition coefficient (Wildman–Crippen LogP) is 8.53. The molecule has 2 amide bonds. The number of fused-ring (bicyclic) bond motifs is 1. The second kappa shape index (κ2) is 17.6. The van der Waals surface area contributed by atoms with Gasteiger partial charge in [-0.3, -0.25) is 19.1 Å². The van der Waals surface area contributed by atoms with Crippen LogP contribution < -0.4 is 14.2 Å². The van der Waals surface area contributed by atoms with Crippen molar-refractivity contribution in [2.45, 2.75) is 76.7 Å². The SMILES string of the molecule is C=C[C@@H]1C[C@]1(CC(=O)[C@@H]1C[C@@H](Oc2ncc(OC)c3ccc(Cl)cc23)CN1C(=O)[C@@H](Cc1nc(-c2ccccc2Cl)cs1)C(C)(C)C)C(=O)NS(=O)(=O)C1CC1.Cl.Cl. The molecule has 312 valence electrons. The lowest BCUT2D eigenvalue weighted by molar-refractivity contribution is -0.144. The number of ketones is 1. The summed E-state index contributed by atoms with van der Waals surface area (Å²) in [5, 5.41) is 4.44. The number of allylic oxidation sites excluding steroid dienone is 1. The van der Waals surface area contributed by atoms with Crippen LogP contribution in [0.15, 0.2) is 66.7 Å². The van der Waals surface area contributed by atoms with Crippen molar-refractivity contribution < 1.29 is 32.3 Å². The molecule has 11 nitrogen and oxygen atoms in total. The van der Waals surface area contributed by atoms with E-state index in [0.29, 0.717) is 46.1 Å². The highest BCUT2D eigenvalue weighted by Crippen LogP contribution is 2.57. The average Bonchev–Trinajstić information content (AvgIpc) is 4.04. The van der Waals surface area contributed by atoms with E-state index in [-0.39, 0.29) is 68.2 Å². The number of hydrogen-bond acceptors (Lipinski definition) is 10. The Kier molecular flexibility index (Phi) is 13.9. The molecule has 5 atom stereocenters. The lowest BCUT2D eigenvalue weighted by atomic mass is 9.77. The standard InChI is InChI=1S/C41H44Cl2N4O7S2.2ClH/c1-6-23-18-41(23,39(50)46-56(51,52)26-12-13-26)19-34(48)33-16-25(54-37-29-15-24(42)11-14-27(29)35(53-5)20-44-37)21-47(33)38(49)30(40(2,3)4)17-36-45-32(22-55-36)28-9-7-8-10-31(28)43;;/h6-11,14-15,20,22-23,25-26,30,33H,1,12-13,16-19,21H2,2-5H3,(H,46,50);2*1H/t23-,25-,30-,33+,41-;;/m1../s1. The van der Waals surface area contributed by atoms with Gasteiger partial charge >= 0.3 is 0 Å². The number of carbonyl (C=O) groups excluding carboxylic acids is 3. The van der Waals surface area contributed by atoms with Crippen molar-refractivity contribution in [3.8, 4) is 22.9 Å². The Morgan fingerprint density at radius 3 is 2.48 bits per heavy atom. The van der Waals surface area contributed by atoms with Crippen LogP contribution in [0.2, 0.25) is 10.0 Å². The Hall–Kier alpha value is -3.46. The van der Waals surface area contributed by atoms with Crippen molar-refractivity contribution in [2.75, 3.05) is 13.7 Å². The molecule has 2 aromatic carbocycles. The Labute approximate surface area is 365 Å². The number of thiazole rings is 1. The van der Waals surface area contributed by atoms with Gasteiger partial charge in [0, 0.05) is 56.9 Å². The third-order valence-electron chi connectivity index (χ3n) is 11.2. The van der Waals surface area contributed by atoms with Gasteiger partial charge in [-0.2, -0.15) is 0 Å². The lowest BCUT2D eigenvalue weighted by Crippen LogP contribution is -2.48. The average molecular weight is 913 g/mol. The van der Waals surface area contributed by atoms with E-state index in [1.807, 2.05) is 50.4 Å². The molecule has 17 heteroatoms. The fourth-order valence-electron chi connectivity index (χ4n) is 7.65. The minimum absolute atomic E-state index is 0. The molecular weight excluding hydrogens is 866 g/mol. The maximum absolute atomic E-state index is 14.9. The highest BCUT2D eigenvalue weighted by molar-refractivity contribution is 7.90. The molecule has 3 heterocycles. The van der Waals surface area contributed by atoms with Crippen molar-refractivity contribution in [2.24, 2.45) is 22.7 Å². The number of methoxy groups -OCH3 is 1. The summed E-state index contributed by atoms with van der Waals surface area (Å²) in [7, 11) is -2.31. The molecule has 4 aromatic rings. The first-order chi connectivity index (χ1) is 26.5. The summed E-state index contributed by atoms with van der Waals surface area (Å²) in [5.74, 6) is -1.50. The van der Waals surface area contributed by atoms with Gasteiger partial charge in [-0.05, 0) is 54.9 Å². The molecule has 0 radical (unpaired) electrons. The zero-order valence-corrected chi connectivity index (χ0v) is 37.2. The minimum Gasteiger partial charge on any atom is -0.494 e. The largest absolute Gasteiger partial charge is 0.494 e. The van der Waals surface area contributed by atoms with Gasteiger partial charge in [0.25, 0.3) is 0 Å². The van der Waals surface area contributed by atoms with E-state index in [0.717, 1.165) is 16.0 Å². The molecule has 0 spiro atoms. The lowest BCUT2D eigenvalue weighted by Gasteiger charge is -2.35. The first kappa shape index (κ1) is 45.6. The van der Waals surface area contributed by atoms with Crippen LogP contribution in [0.1, 0.15) is 57.9 Å². The number of benzene rings is 2. The third kappa shape index (κ3) is 9.29. The molecule has 3 fully saturated rings. The van der Waals surface area contributed by atoms with Gasteiger partial charge in [0.15, 0.2) is 5.78 Å². The number of likely N-dealkylation sites (tertiary alicyclic amines) is 1. The maximum atomic E-state index is 14.9. The molecule has 1 saturated heterocycles. The first-order valence-electron chi connectivity index (χ1n) is 18.5. The summed E-state index contributed by atoms with van der Waals surface area (Å²) >= 11 is 14.3. The van der Waals surface area contributed by atoms with Gasteiger partial charge in [-0.15, -0.1) is 42.7 Å². The second-order valence-corrected chi connectivity index (χ2v) is 19.8. The van der Waals surface area contributed by atoms with Crippen molar-refractivity contribution in [1.29, 1.82) is 0 Å². The molecule has 2 aliphatic carbocycles. The Morgan fingerprint density at radius 2 is 1.84 bits per heavy atom. The first-order valence-corrected chi connectivity index (χ1v) is 21.7. The number of nitrogens with zero attached hydrogens (tertiary/aromatic N) is 3. The normalized spacial score (nSPS) is 22.0. The summed E-state index contributed by atoms with van der Waals surface area (Å²) in [4.78, 5) is 54.1.